The zero-order valence-corrected chi connectivity index (χ0v) is 55.7. The normalized spacial score (nSPS) is 33.1. The van der Waals surface area contributed by atoms with Crippen molar-refractivity contribution >= 4 is 72.9 Å². The SMILES string of the molecule is CN(C)[C@@H]1C(O)=C(C(N)=O)C(=O)[C@@]2(O)C(O)=C3C(=O)c4c(O)cccc4[C@@](C)(O)[C@H]3C[C@@H]12.CN[C@@H]1[C@H](O[C@H]2[C@H](O[C@H]3[C@H](O)[C@@H](O)[C@H](NC(=N)N)[C@@H](O)[C@@H]3NC(=N)N)O[C@@H](C)[C@]2(O)C=O)O[C@@H](CO)[C@H](O)[C@H]1O.Cc1cc(NS(=O)(=O)c2ccc(N)cc2)no1.Nc1ccc(S(N)(=O)=O)cc1. The number of aromatic hydroxyl groups is 1. The Kier molecular flexibility index (Phi) is 23.9. The van der Waals surface area contributed by atoms with E-state index in [0.717, 1.165) is 0 Å². The number of primary amides is 1. The van der Waals surface area contributed by atoms with Crippen LogP contribution in [-0.2, 0) is 59.0 Å². The van der Waals surface area contributed by atoms with Gasteiger partial charge in [0, 0.05) is 34.9 Å². The number of ketones is 2. The summed E-state index contributed by atoms with van der Waals surface area (Å²) >= 11 is 0. The van der Waals surface area contributed by atoms with Crippen LogP contribution in [0.5, 0.6) is 5.75 Å². The molecule has 10 rings (SSSR count). The van der Waals surface area contributed by atoms with Gasteiger partial charge in [0.1, 0.15) is 71.3 Å². The molecule has 1 aromatic heterocycles. The Morgan fingerprint density at radius 1 is 0.800 bits per heavy atom. The number of guanidine groups is 2. The molecule has 41 heteroatoms. The summed E-state index contributed by atoms with van der Waals surface area (Å²) < 4.78 is 75.1. The Bertz CT molecular complexity index is 4020. The minimum absolute atomic E-state index is 0.0756. The highest BCUT2D eigenvalue weighted by atomic mass is 32.2. The number of fused-ring (bicyclic) bond motifs is 3. The monoisotopic (exact) mass is 1450 g/mol. The predicted octanol–water partition coefficient (Wildman–Crippen LogP) is -6.67. The number of benzene rings is 3. The molecule has 1 saturated carbocycles. The van der Waals surface area contributed by atoms with E-state index in [1.165, 1.54) is 113 Å². The van der Waals surface area contributed by atoms with Crippen LogP contribution in [0, 0.1) is 29.6 Å². The number of phenolic OH excluding ortho intramolecular Hbond substituents is 1. The molecular weight excluding hydrogens is 1370 g/mol. The largest absolute Gasteiger partial charge is 0.510 e. The van der Waals surface area contributed by atoms with Crippen LogP contribution in [0.25, 0.3) is 0 Å². The molecule has 1 amide bonds. The van der Waals surface area contributed by atoms with E-state index in [2.05, 4.69) is 25.8 Å². The molecule has 0 unspecified atom stereocenters. The van der Waals surface area contributed by atoms with Crippen molar-refractivity contribution in [2.24, 2.45) is 34.2 Å². The average molecular weight is 1450 g/mol. The van der Waals surface area contributed by atoms with Gasteiger partial charge in [0.15, 0.2) is 53.6 Å². The van der Waals surface area contributed by atoms with Crippen molar-refractivity contribution in [2.45, 2.75) is 145 Å². The fraction of sp³-hybridized carbons (Fsp3) is 0.475. The molecule has 30 N–H and O–H groups in total. The Morgan fingerprint density at radius 3 is 1.86 bits per heavy atom. The summed E-state index contributed by atoms with van der Waals surface area (Å²) in [6.07, 6.45) is -17.5. The summed E-state index contributed by atoms with van der Waals surface area (Å²) in [7, 11) is -2.74. The number of amides is 1. The molecule has 2 aliphatic heterocycles. The van der Waals surface area contributed by atoms with Crippen LogP contribution in [-0.4, -0.2) is 254 Å². The van der Waals surface area contributed by atoms with E-state index in [4.69, 9.17) is 68.1 Å². The molecule has 39 nitrogen and oxygen atoms in total. The number of hydrogen-bond donors (Lipinski definition) is 24. The number of aliphatic hydroxyl groups excluding tert-OH is 8. The van der Waals surface area contributed by atoms with Crippen LogP contribution in [0.3, 0.4) is 0 Å². The lowest BCUT2D eigenvalue weighted by Gasteiger charge is -2.52. The Labute approximate surface area is 570 Å². The van der Waals surface area contributed by atoms with Crippen LogP contribution >= 0.6 is 0 Å². The number of aromatic nitrogens is 1. The molecule has 6 aliphatic rings. The maximum Gasteiger partial charge on any atom is 0.263 e. The zero-order chi connectivity index (χ0) is 75.0. The fourth-order valence-electron chi connectivity index (χ4n) is 12.6. The number of rotatable bonds is 15. The van der Waals surface area contributed by atoms with Crippen LogP contribution in [0.2, 0.25) is 0 Å². The minimum Gasteiger partial charge on any atom is -0.510 e. The molecule has 0 spiro atoms. The number of phenols is 1. The second-order valence-corrected chi connectivity index (χ2v) is 27.8. The number of anilines is 3. The molecule has 0 bridgehead atoms. The molecule has 0 radical (unpaired) electrons. The number of ether oxygens (including phenoxy) is 4. The third kappa shape index (κ3) is 15.5. The van der Waals surface area contributed by atoms with E-state index in [1.807, 2.05) is 0 Å². The van der Waals surface area contributed by atoms with Gasteiger partial charge in [-0.3, -0.25) is 39.6 Å². The number of carbonyl (C=O) groups is 4. The van der Waals surface area contributed by atoms with Gasteiger partial charge in [-0.25, -0.2) is 22.0 Å². The number of Topliss-reactive ketones (excluding diaryl/α,β-unsaturated/α-hetero) is 2. The number of aliphatic hydroxyl groups is 11. The Morgan fingerprint density at radius 2 is 1.36 bits per heavy atom. The summed E-state index contributed by atoms with van der Waals surface area (Å²) in [6, 6.07) is 12.2. The Balaban J connectivity index is 0.000000206. The Hall–Kier alpha value is -8.57. The van der Waals surface area contributed by atoms with Crippen molar-refractivity contribution in [3.05, 3.63) is 112 Å². The van der Waals surface area contributed by atoms with Gasteiger partial charge in [-0.05, 0) is 108 Å². The first-order chi connectivity index (χ1) is 46.5. The number of nitrogens with one attached hydrogen (secondary N) is 6. The summed E-state index contributed by atoms with van der Waals surface area (Å²) in [5.41, 5.74) is 19.6. The summed E-state index contributed by atoms with van der Waals surface area (Å²) in [5.74, 6) is -8.50. The first-order valence-electron chi connectivity index (χ1n) is 30.1. The van der Waals surface area contributed by atoms with Crippen molar-refractivity contribution in [3.8, 4) is 5.75 Å². The lowest BCUT2D eigenvalue weighted by Crippen LogP contribution is -2.73. The van der Waals surface area contributed by atoms with Gasteiger partial charge in [-0.2, -0.15) is 0 Å². The van der Waals surface area contributed by atoms with Crippen LogP contribution < -0.4 is 54.5 Å². The van der Waals surface area contributed by atoms with Gasteiger partial charge in [0.25, 0.3) is 15.9 Å². The van der Waals surface area contributed by atoms with E-state index >= 15 is 0 Å². The first kappa shape index (κ1) is 78.8. The summed E-state index contributed by atoms with van der Waals surface area (Å²) in [5, 5.41) is 160. The van der Waals surface area contributed by atoms with E-state index in [9.17, 15) is 97.3 Å². The highest BCUT2D eigenvalue weighted by Crippen LogP contribution is 2.56. The molecule has 4 aromatic rings. The molecule has 100 heavy (non-hydrogen) atoms. The van der Waals surface area contributed by atoms with E-state index in [1.54, 1.807) is 6.92 Å². The molecule has 550 valence electrons. The molecule has 3 heterocycles. The topological polar surface area (TPSA) is 697 Å². The molecule has 4 aliphatic carbocycles. The third-order valence-electron chi connectivity index (χ3n) is 17.7. The van der Waals surface area contributed by atoms with Gasteiger partial charge < -0.3 is 129 Å². The molecule has 2 saturated heterocycles. The van der Waals surface area contributed by atoms with E-state index in [0.29, 0.717) is 17.1 Å². The second kappa shape index (κ2) is 30.3. The number of nitrogen functional groups attached to an aromatic ring is 2. The minimum atomic E-state index is -3.64. The van der Waals surface area contributed by atoms with Crippen LogP contribution in [0.1, 0.15) is 41.9 Å². The van der Waals surface area contributed by atoms with Crippen molar-refractivity contribution < 1.29 is 121 Å². The zero-order valence-electron chi connectivity index (χ0n) is 54.1. The number of aldehydes is 1. The number of sulfonamides is 2. The quantitative estimate of drug-likeness (QED) is 0.0173. The maximum absolute atomic E-state index is 13.3. The van der Waals surface area contributed by atoms with Gasteiger partial charge >= 0.3 is 0 Å². The van der Waals surface area contributed by atoms with Crippen LogP contribution in [0.4, 0.5) is 17.2 Å². The number of aryl methyl sites for hydroxylation is 1. The number of hydrogen-bond acceptors (Lipinski definition) is 32. The molecular formula is C59H82N14O25S2. The van der Waals surface area contributed by atoms with Gasteiger partial charge in [-0.15, -0.1) is 0 Å². The molecule has 3 aromatic carbocycles. The summed E-state index contributed by atoms with van der Waals surface area (Å²) in [4.78, 5) is 52.1. The lowest BCUT2D eigenvalue weighted by atomic mass is 9.55. The van der Waals surface area contributed by atoms with Gasteiger partial charge in [0.2, 0.25) is 15.8 Å². The van der Waals surface area contributed by atoms with E-state index < -0.39 is 205 Å². The first-order valence-corrected chi connectivity index (χ1v) is 33.1. The third-order valence-corrected chi connectivity index (χ3v) is 20.0. The molecule has 3 fully saturated rings. The molecule has 20 atom stereocenters. The van der Waals surface area contributed by atoms with Crippen molar-refractivity contribution in [3.63, 3.8) is 0 Å². The van der Waals surface area contributed by atoms with Gasteiger partial charge in [-0.1, -0.05) is 17.3 Å². The van der Waals surface area contributed by atoms with Crippen LogP contribution in [0.15, 0.2) is 110 Å². The fourth-order valence-corrected chi connectivity index (χ4v) is 14.1. The standard InChI is InChI=1S/C22H24N2O8.C21H39N7O12.C10H11N3O3S.C6H8N2O2S/c1-21(31)8-5-4-6-11(25)12(8)16(26)13-9(21)7-10-15(24(2)3)17(27)14(20(23)30)19(29)22(10,32)18(13)28;1-5-21(36,4-30)16(40-17-9(26-2)13(34)10(31)6(3-29)38-17)18(37-5)39-15-8(28-20(24)25)11(32)7(27-19(22)23)12(33)14(15)35;1-7-6-10(12-16-7)13-17(14,15)9-4-2-8(11)3-5-9;7-5-1-3-6(4-2-5)11(8,9)10/h4-6,9-10,15,25,27-28,31-32H,7H2,1-3H3,(H2,23,30);4-18,26,29,31-36H,3H2,1-2H3,(H4,22,23,27)(H4,24,25,28);2-6H,11H2,1H3,(H,12,13);1-4H,7H2,(H2,8,9,10)/t9-,10-,15-,21+,22-;5-,6-,7+,8-,9-,10-,11+,12-,13-,14+,15+,16-,17-,18-,21+;;/m00../s1. The number of likely N-dealkylation sites (N-methyl/N-ethyl adjacent to an activating group) is 2. The number of nitrogens with zero attached hydrogens (tertiary/aromatic N) is 2. The van der Waals surface area contributed by atoms with Crippen molar-refractivity contribution in [2.75, 3.05) is 43.9 Å². The predicted molar refractivity (Wildman–Crippen MR) is 346 cm³/mol. The highest BCUT2D eigenvalue weighted by molar-refractivity contribution is 7.92. The summed E-state index contributed by atoms with van der Waals surface area (Å²) in [6.45, 7) is 3.69. The van der Waals surface area contributed by atoms with Crippen molar-refractivity contribution in [1.29, 1.82) is 10.8 Å². The lowest BCUT2D eigenvalue weighted by molar-refractivity contribution is -0.314. The number of carbonyl (C=O) groups excluding carboxylic acids is 4. The number of primary sulfonamides is 1. The van der Waals surface area contributed by atoms with Crippen molar-refractivity contribution in [1.82, 2.24) is 26.0 Å². The smallest absolute Gasteiger partial charge is 0.263 e. The van der Waals surface area contributed by atoms with Gasteiger partial charge in [0.05, 0.1) is 63.9 Å². The second-order valence-electron chi connectivity index (χ2n) is 24.5. The highest BCUT2D eigenvalue weighted by Gasteiger charge is 2.66. The van der Waals surface area contributed by atoms with E-state index in [-0.39, 0.29) is 39.4 Å². The number of nitrogens with two attached hydrogens (primary N) is 6. The average Bonchev–Trinajstić information content (AvgIpc) is 0.859. The maximum atomic E-state index is 13.3.